The van der Waals surface area contributed by atoms with Crippen LogP contribution in [-0.2, 0) is 4.74 Å². The van der Waals surface area contributed by atoms with Crippen molar-refractivity contribution >= 4 is 27.5 Å². The Bertz CT molecular complexity index is 396. The molecule has 4 nitrogen and oxygen atoms in total. The van der Waals surface area contributed by atoms with Crippen LogP contribution in [0.5, 0.6) is 0 Å². The quantitative estimate of drug-likeness (QED) is 0.669. The molecule has 1 aromatic rings. The van der Waals surface area contributed by atoms with Crippen molar-refractivity contribution in [1.82, 2.24) is 4.90 Å². The van der Waals surface area contributed by atoms with Crippen molar-refractivity contribution in [1.29, 1.82) is 0 Å². The van der Waals surface area contributed by atoms with Gasteiger partial charge in [0.2, 0.25) is 0 Å². The average Bonchev–Trinajstić information content (AvgIpc) is 2.31. The lowest BCUT2D eigenvalue weighted by Crippen LogP contribution is -2.29. The first kappa shape index (κ1) is 14.0. The van der Waals surface area contributed by atoms with Gasteiger partial charge in [-0.05, 0) is 24.6 Å². The fraction of sp³-hybridized carbons (Fsp3) is 0.417. The first-order chi connectivity index (χ1) is 8.06. The van der Waals surface area contributed by atoms with E-state index >= 15 is 0 Å². The van der Waals surface area contributed by atoms with E-state index in [2.05, 4.69) is 15.9 Å². The number of carbonyl (C=O) groups is 1. The van der Waals surface area contributed by atoms with Crippen molar-refractivity contribution in [2.75, 3.05) is 33.0 Å². The second-order valence-electron chi connectivity index (χ2n) is 3.80. The van der Waals surface area contributed by atoms with Crippen LogP contribution in [-0.4, -0.2) is 38.1 Å². The van der Waals surface area contributed by atoms with Crippen LogP contribution in [0.2, 0.25) is 0 Å². The lowest BCUT2D eigenvalue weighted by molar-refractivity contribution is 0.0780. The Hall–Kier alpha value is -1.07. The van der Waals surface area contributed by atoms with E-state index in [-0.39, 0.29) is 5.91 Å². The highest BCUT2D eigenvalue weighted by molar-refractivity contribution is 9.10. The molecular weight excluding hydrogens is 284 g/mol. The van der Waals surface area contributed by atoms with E-state index in [0.29, 0.717) is 24.4 Å². The molecule has 0 aromatic heterocycles. The number of carbonyl (C=O) groups excluding carboxylic acids is 1. The number of halogens is 1. The molecule has 0 unspecified atom stereocenters. The van der Waals surface area contributed by atoms with Gasteiger partial charge in [-0.2, -0.15) is 0 Å². The third kappa shape index (κ3) is 4.02. The van der Waals surface area contributed by atoms with Crippen LogP contribution in [0.15, 0.2) is 22.7 Å². The number of amides is 1. The van der Waals surface area contributed by atoms with Crippen molar-refractivity contribution < 1.29 is 9.53 Å². The Morgan fingerprint density at radius 1 is 1.53 bits per heavy atom. The largest absolute Gasteiger partial charge is 0.398 e. The number of hydrogen-bond donors (Lipinski definition) is 1. The van der Waals surface area contributed by atoms with Gasteiger partial charge >= 0.3 is 0 Å². The maximum atomic E-state index is 12.1. The summed E-state index contributed by atoms with van der Waals surface area (Å²) < 4.78 is 5.80. The number of nitrogens with two attached hydrogens (primary N) is 1. The van der Waals surface area contributed by atoms with E-state index in [0.717, 1.165) is 10.9 Å². The van der Waals surface area contributed by atoms with Gasteiger partial charge in [0.15, 0.2) is 0 Å². The number of rotatable bonds is 5. The maximum absolute atomic E-state index is 12.1. The number of nitrogen functional groups attached to an aromatic ring is 1. The monoisotopic (exact) mass is 300 g/mol. The van der Waals surface area contributed by atoms with E-state index < -0.39 is 0 Å². The van der Waals surface area contributed by atoms with Gasteiger partial charge in [-0.3, -0.25) is 4.79 Å². The molecule has 0 heterocycles. The van der Waals surface area contributed by atoms with Gasteiger partial charge in [0.1, 0.15) is 0 Å². The zero-order valence-corrected chi connectivity index (χ0v) is 11.7. The standard InChI is InChI=1S/C12H17BrN2O2/c1-15(6-3-7-17-2)12(16)10-8-9(13)4-5-11(10)14/h4-5,8H,3,6-7,14H2,1-2H3. The van der Waals surface area contributed by atoms with E-state index in [1.165, 1.54) is 0 Å². The molecule has 1 rings (SSSR count). The van der Waals surface area contributed by atoms with Crippen molar-refractivity contribution in [3.8, 4) is 0 Å². The van der Waals surface area contributed by atoms with E-state index in [4.69, 9.17) is 10.5 Å². The summed E-state index contributed by atoms with van der Waals surface area (Å²) in [6, 6.07) is 5.28. The molecule has 0 saturated carbocycles. The van der Waals surface area contributed by atoms with E-state index in [1.807, 2.05) is 6.07 Å². The second-order valence-corrected chi connectivity index (χ2v) is 4.72. The summed E-state index contributed by atoms with van der Waals surface area (Å²) in [6.07, 6.45) is 0.812. The Kier molecular flexibility index (Phi) is 5.44. The topological polar surface area (TPSA) is 55.6 Å². The van der Waals surface area contributed by atoms with Gasteiger partial charge < -0.3 is 15.4 Å². The van der Waals surface area contributed by atoms with Crippen LogP contribution in [0.4, 0.5) is 5.69 Å². The molecule has 0 aliphatic rings. The minimum Gasteiger partial charge on any atom is -0.398 e. The first-order valence-corrected chi connectivity index (χ1v) is 6.15. The number of anilines is 1. The van der Waals surface area contributed by atoms with Gasteiger partial charge in [-0.1, -0.05) is 15.9 Å². The summed E-state index contributed by atoms with van der Waals surface area (Å²) in [4.78, 5) is 13.7. The fourth-order valence-electron chi connectivity index (χ4n) is 1.47. The van der Waals surface area contributed by atoms with E-state index in [1.54, 1.807) is 31.2 Å². The number of benzene rings is 1. The summed E-state index contributed by atoms with van der Waals surface area (Å²) in [5.74, 6) is -0.0695. The van der Waals surface area contributed by atoms with E-state index in [9.17, 15) is 4.79 Å². The highest BCUT2D eigenvalue weighted by atomic mass is 79.9. The highest BCUT2D eigenvalue weighted by Crippen LogP contribution is 2.19. The van der Waals surface area contributed by atoms with Crippen LogP contribution in [0.25, 0.3) is 0 Å². The Balaban J connectivity index is 2.71. The minimum absolute atomic E-state index is 0.0695. The molecule has 0 saturated heterocycles. The maximum Gasteiger partial charge on any atom is 0.255 e. The van der Waals surface area contributed by atoms with Crippen molar-refractivity contribution in [3.05, 3.63) is 28.2 Å². The first-order valence-electron chi connectivity index (χ1n) is 5.35. The summed E-state index contributed by atoms with van der Waals surface area (Å²) in [5.41, 5.74) is 6.81. The molecule has 17 heavy (non-hydrogen) atoms. The number of hydrogen-bond acceptors (Lipinski definition) is 3. The summed E-state index contributed by atoms with van der Waals surface area (Å²) in [6.45, 7) is 1.30. The molecule has 1 aromatic carbocycles. The molecule has 94 valence electrons. The zero-order chi connectivity index (χ0) is 12.8. The number of ether oxygens (including phenoxy) is 1. The molecule has 1 amide bonds. The van der Waals surface area contributed by atoms with Crippen molar-refractivity contribution in [3.63, 3.8) is 0 Å². The zero-order valence-electron chi connectivity index (χ0n) is 10.1. The minimum atomic E-state index is -0.0695. The lowest BCUT2D eigenvalue weighted by Gasteiger charge is -2.18. The molecule has 0 radical (unpaired) electrons. The predicted octanol–water partition coefficient (Wildman–Crippen LogP) is 2.14. The molecule has 2 N–H and O–H groups in total. The molecule has 0 spiro atoms. The average molecular weight is 301 g/mol. The molecule has 0 aliphatic heterocycles. The molecule has 0 aliphatic carbocycles. The highest BCUT2D eigenvalue weighted by Gasteiger charge is 2.14. The predicted molar refractivity (Wildman–Crippen MR) is 72.0 cm³/mol. The molecule has 0 fully saturated rings. The van der Waals surface area contributed by atoms with Crippen molar-refractivity contribution in [2.45, 2.75) is 6.42 Å². The summed E-state index contributed by atoms with van der Waals surface area (Å²) >= 11 is 3.33. The normalized spacial score (nSPS) is 10.3. The van der Waals surface area contributed by atoms with Crippen LogP contribution in [0.3, 0.4) is 0 Å². The van der Waals surface area contributed by atoms with Crippen LogP contribution in [0.1, 0.15) is 16.8 Å². The number of nitrogens with zero attached hydrogens (tertiary/aromatic N) is 1. The molecular formula is C12H17BrN2O2. The SMILES string of the molecule is COCCCN(C)C(=O)c1cc(Br)ccc1N. The Morgan fingerprint density at radius 2 is 2.24 bits per heavy atom. The Morgan fingerprint density at radius 3 is 2.88 bits per heavy atom. The van der Waals surface area contributed by atoms with Crippen molar-refractivity contribution in [2.24, 2.45) is 0 Å². The smallest absolute Gasteiger partial charge is 0.255 e. The second kappa shape index (κ2) is 6.61. The summed E-state index contributed by atoms with van der Waals surface area (Å²) in [5, 5.41) is 0. The Labute approximate surface area is 110 Å². The van der Waals surface area contributed by atoms with Gasteiger partial charge in [0, 0.05) is 37.5 Å². The van der Waals surface area contributed by atoms with Gasteiger partial charge in [-0.15, -0.1) is 0 Å². The van der Waals surface area contributed by atoms with Crippen LogP contribution < -0.4 is 5.73 Å². The third-order valence-electron chi connectivity index (χ3n) is 2.43. The molecule has 5 heteroatoms. The van der Waals surface area contributed by atoms with Crippen LogP contribution >= 0.6 is 15.9 Å². The fourth-order valence-corrected chi connectivity index (χ4v) is 1.83. The van der Waals surface area contributed by atoms with Gasteiger partial charge in [0.25, 0.3) is 5.91 Å². The number of methoxy groups -OCH3 is 1. The lowest BCUT2D eigenvalue weighted by atomic mass is 10.1. The summed E-state index contributed by atoms with van der Waals surface area (Å²) in [7, 11) is 3.41. The van der Waals surface area contributed by atoms with Gasteiger partial charge in [-0.25, -0.2) is 0 Å². The van der Waals surface area contributed by atoms with Gasteiger partial charge in [0.05, 0.1) is 5.56 Å². The van der Waals surface area contributed by atoms with Crippen LogP contribution in [0, 0.1) is 0 Å². The molecule has 0 bridgehead atoms. The molecule has 0 atom stereocenters. The third-order valence-corrected chi connectivity index (χ3v) is 2.93.